The first-order valence-corrected chi connectivity index (χ1v) is 9.74. The van der Waals surface area contributed by atoms with Crippen molar-refractivity contribution in [2.24, 2.45) is 0 Å². The fourth-order valence-corrected chi connectivity index (χ4v) is 4.70. The third-order valence-corrected chi connectivity index (χ3v) is 6.21. The Bertz CT molecular complexity index is 997. The van der Waals surface area contributed by atoms with Gasteiger partial charge in [-0.05, 0) is 44.0 Å². The molecule has 2 heterocycles. The molecule has 27 heavy (non-hydrogen) atoms. The van der Waals surface area contributed by atoms with Crippen LogP contribution in [0.15, 0.2) is 42.5 Å². The predicted molar refractivity (Wildman–Crippen MR) is 105 cm³/mol. The molecule has 0 radical (unpaired) electrons. The molecule has 0 unspecified atom stereocenters. The molecule has 0 saturated carbocycles. The van der Waals surface area contributed by atoms with Crippen LogP contribution in [0.5, 0.6) is 0 Å². The zero-order chi connectivity index (χ0) is 19.0. The number of aryl methyl sites for hydroxylation is 1. The van der Waals surface area contributed by atoms with Crippen LogP contribution in [-0.2, 0) is 0 Å². The molecule has 1 fully saturated rings. The van der Waals surface area contributed by atoms with Gasteiger partial charge in [0.2, 0.25) is 0 Å². The number of nitro benzene ring substituents is 1. The molecule has 4 rings (SSSR count). The summed E-state index contributed by atoms with van der Waals surface area (Å²) >= 11 is 1.70. The van der Waals surface area contributed by atoms with Crippen LogP contribution in [0.4, 0.5) is 5.69 Å². The predicted octanol–water partition coefficient (Wildman–Crippen LogP) is 4.53. The molecule has 2 aromatic carbocycles. The van der Waals surface area contributed by atoms with Crippen molar-refractivity contribution in [1.82, 2.24) is 9.88 Å². The minimum atomic E-state index is -0.423. The van der Waals surface area contributed by atoms with Crippen molar-refractivity contribution >= 4 is 33.1 Å². The van der Waals surface area contributed by atoms with E-state index in [4.69, 9.17) is 4.98 Å². The van der Waals surface area contributed by atoms with Gasteiger partial charge in [0.05, 0.1) is 20.1 Å². The maximum Gasteiger partial charge on any atom is 0.272 e. The van der Waals surface area contributed by atoms with Gasteiger partial charge in [-0.25, -0.2) is 4.98 Å². The van der Waals surface area contributed by atoms with Crippen molar-refractivity contribution in [3.8, 4) is 0 Å². The molecule has 1 saturated heterocycles. The van der Waals surface area contributed by atoms with Gasteiger partial charge in [0.1, 0.15) is 0 Å². The maximum atomic E-state index is 12.9. The highest BCUT2D eigenvalue weighted by Gasteiger charge is 2.28. The lowest BCUT2D eigenvalue weighted by Gasteiger charge is -2.32. The van der Waals surface area contributed by atoms with Gasteiger partial charge in [0.25, 0.3) is 11.6 Å². The topological polar surface area (TPSA) is 76.3 Å². The SMILES string of the molecule is Cc1cc(C(=O)N2CCC[C@H](c3nc4ccccc4s3)C2)ccc1[N+](=O)[O-]. The summed E-state index contributed by atoms with van der Waals surface area (Å²) in [5.74, 6) is 0.165. The molecule has 7 heteroatoms. The van der Waals surface area contributed by atoms with Crippen LogP contribution in [0.2, 0.25) is 0 Å². The number of para-hydroxylation sites is 1. The lowest BCUT2D eigenvalue weighted by Crippen LogP contribution is -2.39. The first-order chi connectivity index (χ1) is 13.0. The number of piperidine rings is 1. The summed E-state index contributed by atoms with van der Waals surface area (Å²) in [4.78, 5) is 30.1. The van der Waals surface area contributed by atoms with E-state index in [1.807, 2.05) is 23.1 Å². The summed E-state index contributed by atoms with van der Waals surface area (Å²) in [7, 11) is 0. The number of carbonyl (C=O) groups is 1. The minimum absolute atomic E-state index is 0.0394. The van der Waals surface area contributed by atoms with Gasteiger partial charge in [0.15, 0.2) is 0 Å². The second-order valence-corrected chi connectivity index (χ2v) is 7.93. The van der Waals surface area contributed by atoms with E-state index in [-0.39, 0.29) is 17.5 Å². The van der Waals surface area contributed by atoms with E-state index in [9.17, 15) is 14.9 Å². The van der Waals surface area contributed by atoms with Gasteiger partial charge in [-0.1, -0.05) is 12.1 Å². The summed E-state index contributed by atoms with van der Waals surface area (Å²) in [6.45, 7) is 3.00. The smallest absolute Gasteiger partial charge is 0.272 e. The van der Waals surface area contributed by atoms with Gasteiger partial charge < -0.3 is 4.90 Å². The fourth-order valence-electron chi connectivity index (χ4n) is 3.60. The summed E-state index contributed by atoms with van der Waals surface area (Å²) in [6, 6.07) is 12.7. The van der Waals surface area contributed by atoms with Crippen molar-refractivity contribution in [2.45, 2.75) is 25.7 Å². The zero-order valence-corrected chi connectivity index (χ0v) is 15.7. The van der Waals surface area contributed by atoms with Crippen molar-refractivity contribution < 1.29 is 9.72 Å². The Morgan fingerprint density at radius 1 is 1.30 bits per heavy atom. The molecular weight excluding hydrogens is 362 g/mol. The monoisotopic (exact) mass is 381 g/mol. The molecule has 0 N–H and O–H groups in total. The number of hydrogen-bond donors (Lipinski definition) is 0. The van der Waals surface area contributed by atoms with Crippen LogP contribution in [0.3, 0.4) is 0 Å². The Kier molecular flexibility index (Phi) is 4.61. The Morgan fingerprint density at radius 3 is 2.85 bits per heavy atom. The highest BCUT2D eigenvalue weighted by Crippen LogP contribution is 2.33. The van der Waals surface area contributed by atoms with Crippen molar-refractivity contribution in [1.29, 1.82) is 0 Å². The van der Waals surface area contributed by atoms with Gasteiger partial charge in [-0.2, -0.15) is 0 Å². The Morgan fingerprint density at radius 2 is 2.11 bits per heavy atom. The number of thiazole rings is 1. The van der Waals surface area contributed by atoms with Crippen molar-refractivity contribution in [3.05, 3.63) is 68.7 Å². The van der Waals surface area contributed by atoms with Crippen LogP contribution in [0.1, 0.15) is 39.7 Å². The van der Waals surface area contributed by atoms with Crippen LogP contribution >= 0.6 is 11.3 Å². The highest BCUT2D eigenvalue weighted by molar-refractivity contribution is 7.18. The number of benzene rings is 2. The number of amides is 1. The summed E-state index contributed by atoms with van der Waals surface area (Å²) in [6.07, 6.45) is 1.95. The summed E-state index contributed by atoms with van der Waals surface area (Å²) in [5, 5.41) is 12.1. The second-order valence-electron chi connectivity index (χ2n) is 6.87. The molecule has 1 aromatic heterocycles. The van der Waals surface area contributed by atoms with Gasteiger partial charge in [0, 0.05) is 36.2 Å². The largest absolute Gasteiger partial charge is 0.338 e. The van der Waals surface area contributed by atoms with Crippen molar-refractivity contribution in [2.75, 3.05) is 13.1 Å². The molecule has 1 aliphatic rings. The molecule has 138 valence electrons. The molecule has 3 aromatic rings. The van der Waals surface area contributed by atoms with Crippen LogP contribution < -0.4 is 0 Å². The van der Waals surface area contributed by atoms with E-state index in [2.05, 4.69) is 6.07 Å². The van der Waals surface area contributed by atoms with E-state index in [0.29, 0.717) is 24.2 Å². The van der Waals surface area contributed by atoms with Crippen LogP contribution in [0, 0.1) is 17.0 Å². The standard InChI is InChI=1S/C20H19N3O3S/c1-13-11-14(8-9-17(13)23(25)26)20(24)22-10-4-5-15(12-22)19-21-16-6-2-3-7-18(16)27-19/h2-3,6-9,11,15H,4-5,10,12H2,1H3/t15-/m0/s1. The van der Waals surface area contributed by atoms with Gasteiger partial charge in [-0.3, -0.25) is 14.9 Å². The second kappa shape index (κ2) is 7.08. The number of carbonyl (C=O) groups excluding carboxylic acids is 1. The molecule has 0 aliphatic carbocycles. The first-order valence-electron chi connectivity index (χ1n) is 8.92. The number of hydrogen-bond acceptors (Lipinski definition) is 5. The Hall–Kier alpha value is -2.80. The van der Waals surface area contributed by atoms with Gasteiger partial charge >= 0.3 is 0 Å². The normalized spacial score (nSPS) is 17.2. The highest BCUT2D eigenvalue weighted by atomic mass is 32.1. The molecule has 0 bridgehead atoms. The number of rotatable bonds is 3. The third kappa shape index (κ3) is 3.42. The van der Waals surface area contributed by atoms with Crippen LogP contribution in [0.25, 0.3) is 10.2 Å². The van der Waals surface area contributed by atoms with E-state index in [1.165, 1.54) is 10.8 Å². The Labute approximate surface area is 160 Å². The van der Waals surface area contributed by atoms with E-state index >= 15 is 0 Å². The zero-order valence-electron chi connectivity index (χ0n) is 14.9. The molecule has 1 atom stereocenters. The minimum Gasteiger partial charge on any atom is -0.338 e. The lowest BCUT2D eigenvalue weighted by molar-refractivity contribution is -0.385. The number of likely N-dealkylation sites (tertiary alicyclic amines) is 1. The van der Waals surface area contributed by atoms with Crippen LogP contribution in [-0.4, -0.2) is 33.8 Å². The fraction of sp³-hybridized carbons (Fsp3) is 0.300. The molecule has 1 aliphatic heterocycles. The van der Waals surface area contributed by atoms with E-state index < -0.39 is 4.92 Å². The molecule has 0 spiro atoms. The number of fused-ring (bicyclic) bond motifs is 1. The summed E-state index contributed by atoms with van der Waals surface area (Å²) < 4.78 is 1.17. The van der Waals surface area contributed by atoms with E-state index in [1.54, 1.807) is 30.4 Å². The lowest BCUT2D eigenvalue weighted by atomic mass is 9.97. The Balaban J connectivity index is 1.54. The number of nitro groups is 1. The molecular formula is C20H19N3O3S. The van der Waals surface area contributed by atoms with Gasteiger partial charge in [-0.15, -0.1) is 11.3 Å². The first kappa shape index (κ1) is 17.6. The maximum absolute atomic E-state index is 12.9. The average molecular weight is 381 g/mol. The molecule has 1 amide bonds. The van der Waals surface area contributed by atoms with Crippen molar-refractivity contribution in [3.63, 3.8) is 0 Å². The van der Waals surface area contributed by atoms with E-state index in [0.717, 1.165) is 23.4 Å². The average Bonchev–Trinajstić information content (AvgIpc) is 3.11. The third-order valence-electron chi connectivity index (χ3n) is 5.01. The molecule has 6 nitrogen and oxygen atoms in total. The number of aromatic nitrogens is 1. The quantitative estimate of drug-likeness (QED) is 0.493. The summed E-state index contributed by atoms with van der Waals surface area (Å²) in [5.41, 5.74) is 2.05. The number of nitrogens with zero attached hydrogens (tertiary/aromatic N) is 3.